The summed E-state index contributed by atoms with van der Waals surface area (Å²) in [7, 11) is 0. The van der Waals surface area contributed by atoms with Crippen LogP contribution in [-0.4, -0.2) is 9.97 Å². The summed E-state index contributed by atoms with van der Waals surface area (Å²) in [5.74, 6) is 0. The first-order valence-corrected chi connectivity index (χ1v) is 11.5. The summed E-state index contributed by atoms with van der Waals surface area (Å²) in [6.45, 7) is 0. The molecule has 0 atom stereocenters. The molecule has 0 amide bonds. The highest BCUT2D eigenvalue weighted by atomic mass is 14.8. The summed E-state index contributed by atoms with van der Waals surface area (Å²) in [6.07, 6.45) is 3.56. The maximum atomic E-state index is 4.73. The normalized spacial score (nSPS) is 11.5. The van der Waals surface area contributed by atoms with Gasteiger partial charge in [0, 0.05) is 23.2 Å². The maximum absolute atomic E-state index is 4.73. The van der Waals surface area contributed by atoms with Gasteiger partial charge in [-0.15, -0.1) is 0 Å². The fourth-order valence-corrected chi connectivity index (χ4v) is 5.15. The number of hydrogen-bond donors (Lipinski definition) is 0. The van der Waals surface area contributed by atoms with Gasteiger partial charge >= 0.3 is 0 Å². The standard InChI is InChI=1S/C32H20N2/c1-2-11-25-21(7-1)8-6-14-26(25)24-10-5-9-22(19-24)23-15-16-28-27-12-3-4-13-29(27)31-32(30(28)20-23)34-18-17-33-31/h1-20H. The second kappa shape index (κ2) is 7.50. The molecular weight excluding hydrogens is 412 g/mol. The minimum atomic E-state index is 0.947. The third kappa shape index (κ3) is 2.89. The van der Waals surface area contributed by atoms with Crippen LogP contribution in [0.2, 0.25) is 0 Å². The van der Waals surface area contributed by atoms with Gasteiger partial charge in [-0.3, -0.25) is 9.97 Å². The summed E-state index contributed by atoms with van der Waals surface area (Å²) in [4.78, 5) is 9.41. The van der Waals surface area contributed by atoms with Gasteiger partial charge in [0.05, 0.1) is 11.0 Å². The van der Waals surface area contributed by atoms with E-state index in [9.17, 15) is 0 Å². The van der Waals surface area contributed by atoms with Crippen molar-refractivity contribution in [3.8, 4) is 22.3 Å². The van der Waals surface area contributed by atoms with Crippen LogP contribution in [0.4, 0.5) is 0 Å². The van der Waals surface area contributed by atoms with Crippen LogP contribution in [0.1, 0.15) is 0 Å². The molecule has 0 aliphatic carbocycles. The van der Waals surface area contributed by atoms with Gasteiger partial charge in [-0.05, 0) is 55.9 Å². The Morgan fingerprint density at radius 2 is 1.00 bits per heavy atom. The second-order valence-electron chi connectivity index (χ2n) is 8.67. The summed E-state index contributed by atoms with van der Waals surface area (Å²) in [6, 6.07) is 39.1. The van der Waals surface area contributed by atoms with Gasteiger partial charge in [-0.2, -0.15) is 0 Å². The molecule has 1 heterocycles. The Kier molecular flexibility index (Phi) is 4.18. The van der Waals surface area contributed by atoms with Gasteiger partial charge in [-0.1, -0.05) is 97.1 Å². The molecule has 0 fully saturated rings. The quantitative estimate of drug-likeness (QED) is 0.256. The van der Waals surface area contributed by atoms with Crippen LogP contribution in [0, 0.1) is 0 Å². The number of nitrogens with zero attached hydrogens (tertiary/aromatic N) is 2. The van der Waals surface area contributed by atoms with E-state index in [0.29, 0.717) is 0 Å². The molecule has 34 heavy (non-hydrogen) atoms. The van der Waals surface area contributed by atoms with E-state index < -0.39 is 0 Å². The Morgan fingerprint density at radius 3 is 1.88 bits per heavy atom. The van der Waals surface area contributed by atoms with Crippen molar-refractivity contribution >= 4 is 43.4 Å². The van der Waals surface area contributed by atoms with Gasteiger partial charge in [0.2, 0.25) is 0 Å². The SMILES string of the molecule is c1cc(-c2ccc3c4ccccc4c4nccnc4c3c2)cc(-c2cccc3ccccc23)c1. The van der Waals surface area contributed by atoms with Crippen molar-refractivity contribution in [1.29, 1.82) is 0 Å². The van der Waals surface area contributed by atoms with Crippen LogP contribution in [0.5, 0.6) is 0 Å². The van der Waals surface area contributed by atoms with E-state index in [0.717, 1.165) is 21.8 Å². The van der Waals surface area contributed by atoms with Crippen molar-refractivity contribution in [1.82, 2.24) is 9.97 Å². The summed E-state index contributed by atoms with van der Waals surface area (Å²) in [5.41, 5.74) is 6.74. The minimum absolute atomic E-state index is 0.947. The molecule has 2 nitrogen and oxygen atoms in total. The fourth-order valence-electron chi connectivity index (χ4n) is 5.15. The summed E-state index contributed by atoms with van der Waals surface area (Å²) < 4.78 is 0. The predicted octanol–water partition coefficient (Wildman–Crippen LogP) is 8.42. The lowest BCUT2D eigenvalue weighted by Crippen LogP contribution is -1.89. The zero-order chi connectivity index (χ0) is 22.5. The molecule has 0 unspecified atom stereocenters. The molecule has 0 N–H and O–H groups in total. The highest BCUT2D eigenvalue weighted by molar-refractivity contribution is 6.23. The second-order valence-corrected chi connectivity index (χ2v) is 8.67. The molecular formula is C32H20N2. The van der Waals surface area contributed by atoms with E-state index in [1.54, 1.807) is 12.4 Å². The van der Waals surface area contributed by atoms with Crippen LogP contribution in [-0.2, 0) is 0 Å². The lowest BCUT2D eigenvalue weighted by molar-refractivity contribution is 1.31. The Morgan fingerprint density at radius 1 is 0.382 bits per heavy atom. The molecule has 7 aromatic rings. The topological polar surface area (TPSA) is 25.8 Å². The fraction of sp³-hybridized carbons (Fsp3) is 0. The Hall–Kier alpha value is -4.56. The molecule has 0 aliphatic rings. The van der Waals surface area contributed by atoms with Gasteiger partial charge < -0.3 is 0 Å². The number of hydrogen-bond acceptors (Lipinski definition) is 2. The lowest BCUT2D eigenvalue weighted by Gasteiger charge is -2.12. The number of rotatable bonds is 2. The van der Waals surface area contributed by atoms with Gasteiger partial charge in [0.15, 0.2) is 0 Å². The minimum Gasteiger partial charge on any atom is -0.252 e. The van der Waals surface area contributed by atoms with Crippen molar-refractivity contribution < 1.29 is 0 Å². The molecule has 1 aromatic heterocycles. The molecule has 0 spiro atoms. The number of aromatic nitrogens is 2. The number of benzene rings is 6. The summed E-state index contributed by atoms with van der Waals surface area (Å²) >= 11 is 0. The zero-order valence-corrected chi connectivity index (χ0v) is 18.4. The first-order chi connectivity index (χ1) is 16.9. The molecule has 0 radical (unpaired) electrons. The monoisotopic (exact) mass is 432 g/mol. The highest BCUT2D eigenvalue weighted by Crippen LogP contribution is 2.36. The van der Waals surface area contributed by atoms with Crippen molar-refractivity contribution in [2.45, 2.75) is 0 Å². The average molecular weight is 433 g/mol. The van der Waals surface area contributed by atoms with E-state index >= 15 is 0 Å². The number of fused-ring (bicyclic) bond motifs is 7. The largest absolute Gasteiger partial charge is 0.252 e. The Balaban J connectivity index is 1.46. The van der Waals surface area contributed by atoms with Crippen molar-refractivity contribution in [2.75, 3.05) is 0 Å². The van der Waals surface area contributed by atoms with Crippen LogP contribution in [0.15, 0.2) is 122 Å². The van der Waals surface area contributed by atoms with Crippen LogP contribution in [0.3, 0.4) is 0 Å². The molecule has 0 aliphatic heterocycles. The van der Waals surface area contributed by atoms with Crippen LogP contribution in [0.25, 0.3) is 65.6 Å². The molecule has 2 heteroatoms. The average Bonchev–Trinajstić information content (AvgIpc) is 2.93. The van der Waals surface area contributed by atoms with E-state index in [-0.39, 0.29) is 0 Å². The van der Waals surface area contributed by atoms with Gasteiger partial charge in [0.1, 0.15) is 0 Å². The predicted molar refractivity (Wildman–Crippen MR) is 143 cm³/mol. The van der Waals surface area contributed by atoms with E-state index in [2.05, 4.69) is 114 Å². The molecule has 0 saturated carbocycles. The molecule has 0 bridgehead atoms. The molecule has 0 saturated heterocycles. The summed E-state index contributed by atoms with van der Waals surface area (Å²) in [5, 5.41) is 7.22. The maximum Gasteiger partial charge on any atom is 0.0971 e. The van der Waals surface area contributed by atoms with Crippen LogP contribution >= 0.6 is 0 Å². The van der Waals surface area contributed by atoms with E-state index in [1.165, 1.54) is 43.8 Å². The Bertz CT molecular complexity index is 1830. The van der Waals surface area contributed by atoms with Gasteiger partial charge in [0.25, 0.3) is 0 Å². The lowest BCUT2D eigenvalue weighted by atomic mass is 9.93. The van der Waals surface area contributed by atoms with Crippen molar-refractivity contribution in [2.24, 2.45) is 0 Å². The zero-order valence-electron chi connectivity index (χ0n) is 18.4. The third-order valence-corrected chi connectivity index (χ3v) is 6.74. The van der Waals surface area contributed by atoms with Crippen molar-refractivity contribution in [3.05, 3.63) is 122 Å². The molecule has 158 valence electrons. The molecule has 6 aromatic carbocycles. The Labute approximate surface area is 197 Å². The first-order valence-electron chi connectivity index (χ1n) is 11.5. The van der Waals surface area contributed by atoms with Crippen molar-refractivity contribution in [3.63, 3.8) is 0 Å². The third-order valence-electron chi connectivity index (χ3n) is 6.74. The van der Waals surface area contributed by atoms with E-state index in [1.807, 2.05) is 0 Å². The van der Waals surface area contributed by atoms with E-state index in [4.69, 9.17) is 4.98 Å². The molecule has 7 rings (SSSR count). The highest BCUT2D eigenvalue weighted by Gasteiger charge is 2.12. The van der Waals surface area contributed by atoms with Gasteiger partial charge in [-0.25, -0.2) is 0 Å². The smallest absolute Gasteiger partial charge is 0.0971 e. The first kappa shape index (κ1) is 19.0. The van der Waals surface area contributed by atoms with Crippen LogP contribution < -0.4 is 0 Å².